The van der Waals surface area contributed by atoms with Crippen LogP contribution < -0.4 is 5.32 Å². The van der Waals surface area contributed by atoms with Gasteiger partial charge < -0.3 is 10.2 Å². The van der Waals surface area contributed by atoms with Crippen LogP contribution in [0.2, 0.25) is 0 Å². The van der Waals surface area contributed by atoms with Crippen LogP contribution in [0, 0.1) is 0 Å². The highest BCUT2D eigenvalue weighted by Gasteiger charge is 2.37. The summed E-state index contributed by atoms with van der Waals surface area (Å²) in [7, 11) is 0. The Hall–Kier alpha value is -1.20. The van der Waals surface area contributed by atoms with E-state index in [0.717, 1.165) is 11.4 Å². The van der Waals surface area contributed by atoms with Gasteiger partial charge in [-0.25, -0.2) is 0 Å². The maximum Gasteiger partial charge on any atom is 0.226 e. The molecular formula is C27H42ClN3OS. The molecule has 3 aliphatic rings. The van der Waals surface area contributed by atoms with Crippen molar-refractivity contribution in [3.8, 4) is 0 Å². The van der Waals surface area contributed by atoms with Gasteiger partial charge >= 0.3 is 0 Å². The molecule has 1 aromatic rings. The van der Waals surface area contributed by atoms with Gasteiger partial charge in [-0.3, -0.25) is 9.79 Å². The summed E-state index contributed by atoms with van der Waals surface area (Å²) in [4.78, 5) is 20.8. The van der Waals surface area contributed by atoms with E-state index in [4.69, 9.17) is 4.99 Å². The molecule has 1 saturated heterocycles. The summed E-state index contributed by atoms with van der Waals surface area (Å²) in [6.45, 7) is 6.64. The topological polar surface area (TPSA) is 44.7 Å². The Morgan fingerprint density at radius 2 is 1.61 bits per heavy atom. The van der Waals surface area contributed by atoms with E-state index in [1.54, 1.807) is 0 Å². The molecule has 33 heavy (non-hydrogen) atoms. The van der Waals surface area contributed by atoms with Gasteiger partial charge in [0.05, 0.1) is 6.04 Å². The van der Waals surface area contributed by atoms with Gasteiger partial charge in [-0.2, -0.15) is 0 Å². The number of hydrogen-bond acceptors (Lipinski definition) is 3. The molecule has 0 radical (unpaired) electrons. The third kappa shape index (κ3) is 7.14. The molecule has 0 bridgehead atoms. The first-order valence-corrected chi connectivity index (χ1v) is 13.8. The summed E-state index contributed by atoms with van der Waals surface area (Å²) >= 11 is 1.89. The maximum atomic E-state index is 13.0. The van der Waals surface area contributed by atoms with Gasteiger partial charge in [0, 0.05) is 29.9 Å². The van der Waals surface area contributed by atoms with E-state index in [-0.39, 0.29) is 29.8 Å². The lowest BCUT2D eigenvalue weighted by Gasteiger charge is -2.37. The van der Waals surface area contributed by atoms with Crippen LogP contribution in [0.5, 0.6) is 0 Å². The van der Waals surface area contributed by atoms with Gasteiger partial charge in [0.1, 0.15) is 0 Å². The molecule has 1 heterocycles. The number of hydrogen-bond donors (Lipinski definition) is 1. The van der Waals surface area contributed by atoms with Crippen LogP contribution >= 0.6 is 24.2 Å². The molecule has 1 aromatic carbocycles. The zero-order valence-corrected chi connectivity index (χ0v) is 22.3. The minimum atomic E-state index is 0. The quantitative estimate of drug-likeness (QED) is 0.474. The van der Waals surface area contributed by atoms with Crippen molar-refractivity contribution in [2.75, 3.05) is 11.1 Å². The van der Waals surface area contributed by atoms with Gasteiger partial charge in [0.25, 0.3) is 0 Å². The summed E-state index contributed by atoms with van der Waals surface area (Å²) in [5, 5.41) is 4.38. The van der Waals surface area contributed by atoms with Crippen LogP contribution in [-0.2, 0) is 10.2 Å². The number of amidine groups is 1. The van der Waals surface area contributed by atoms with Crippen LogP contribution in [0.15, 0.2) is 29.3 Å². The second kappa shape index (κ2) is 12.0. The highest BCUT2D eigenvalue weighted by Crippen LogP contribution is 2.35. The Bertz CT molecular complexity index is 793. The van der Waals surface area contributed by atoms with Gasteiger partial charge in [0.15, 0.2) is 5.17 Å². The number of nitrogens with zero attached hydrogens (tertiary/aromatic N) is 2. The SMILES string of the molecule is CC(C)(C)c1ccc(NC(=O)CC2CS/C(=N\C3CCCCC3)N2C2CCCCC2)cc1.Cl. The number of benzene rings is 1. The molecule has 0 spiro atoms. The molecular weight excluding hydrogens is 450 g/mol. The minimum absolute atomic E-state index is 0. The minimum Gasteiger partial charge on any atom is -0.344 e. The average Bonchev–Trinajstić information content (AvgIpc) is 3.16. The Labute approximate surface area is 211 Å². The van der Waals surface area contributed by atoms with Crippen LogP contribution in [0.3, 0.4) is 0 Å². The van der Waals surface area contributed by atoms with Gasteiger partial charge in [0.2, 0.25) is 5.91 Å². The fourth-order valence-corrected chi connectivity index (χ4v) is 6.69. The molecule has 1 unspecified atom stereocenters. The predicted octanol–water partition coefficient (Wildman–Crippen LogP) is 7.17. The van der Waals surface area contributed by atoms with E-state index in [0.29, 0.717) is 18.5 Å². The monoisotopic (exact) mass is 491 g/mol. The number of halogens is 1. The van der Waals surface area contributed by atoms with Gasteiger partial charge in [-0.15, -0.1) is 12.4 Å². The molecule has 6 heteroatoms. The van der Waals surface area contributed by atoms with Crippen molar-refractivity contribution >= 4 is 40.9 Å². The zero-order chi connectivity index (χ0) is 22.6. The molecule has 0 aromatic heterocycles. The Morgan fingerprint density at radius 3 is 2.21 bits per heavy atom. The standard InChI is InChI=1S/C27H41N3OS.ClH/c1-27(2,3)20-14-16-22(17-15-20)28-25(31)18-24-19-32-26(29-21-10-6-4-7-11-21)30(24)23-12-8-5-9-13-23;/h14-17,21,23-24H,4-13,18-19H2,1-3H3,(H,28,31);1H/b29-26-;. The highest BCUT2D eigenvalue weighted by atomic mass is 35.5. The van der Waals surface area contributed by atoms with Crippen LogP contribution in [-0.4, -0.2) is 39.9 Å². The molecule has 3 fully saturated rings. The molecule has 2 aliphatic carbocycles. The lowest BCUT2D eigenvalue weighted by atomic mass is 9.87. The summed E-state index contributed by atoms with van der Waals surface area (Å²) in [5.41, 5.74) is 2.31. The first-order chi connectivity index (χ1) is 15.4. The summed E-state index contributed by atoms with van der Waals surface area (Å²) in [6, 6.07) is 9.65. The first-order valence-electron chi connectivity index (χ1n) is 12.8. The molecule has 1 atom stereocenters. The number of aliphatic imine (C=N–C) groups is 1. The molecule has 4 rings (SSSR count). The van der Waals surface area contributed by atoms with Crippen molar-refractivity contribution in [3.05, 3.63) is 29.8 Å². The molecule has 184 valence electrons. The number of carbonyl (C=O) groups excluding carboxylic acids is 1. The van der Waals surface area contributed by atoms with Crippen molar-refractivity contribution in [2.24, 2.45) is 4.99 Å². The lowest BCUT2D eigenvalue weighted by Crippen LogP contribution is -2.45. The van der Waals surface area contributed by atoms with E-state index in [1.807, 2.05) is 23.9 Å². The fraction of sp³-hybridized carbons (Fsp3) is 0.704. The molecule has 1 amide bonds. The average molecular weight is 492 g/mol. The van der Waals surface area contributed by atoms with Crippen LogP contribution in [0.4, 0.5) is 5.69 Å². The summed E-state index contributed by atoms with van der Waals surface area (Å²) in [6.07, 6.45) is 13.5. The van der Waals surface area contributed by atoms with E-state index < -0.39 is 0 Å². The molecule has 1 aliphatic heterocycles. The Kier molecular flexibility index (Phi) is 9.58. The summed E-state index contributed by atoms with van der Waals surface area (Å²) < 4.78 is 0. The normalized spacial score (nSPS) is 24.0. The smallest absolute Gasteiger partial charge is 0.226 e. The molecule has 1 N–H and O–H groups in total. The van der Waals surface area contributed by atoms with Crippen molar-refractivity contribution < 1.29 is 4.79 Å². The third-order valence-corrected chi connectivity index (χ3v) is 8.44. The predicted molar refractivity (Wildman–Crippen MR) is 145 cm³/mol. The van der Waals surface area contributed by atoms with Crippen molar-refractivity contribution in [3.63, 3.8) is 0 Å². The number of anilines is 1. The van der Waals surface area contributed by atoms with E-state index in [1.165, 1.54) is 74.9 Å². The van der Waals surface area contributed by atoms with Crippen LogP contribution in [0.1, 0.15) is 97.0 Å². The number of rotatable bonds is 5. The zero-order valence-electron chi connectivity index (χ0n) is 20.6. The first kappa shape index (κ1) is 26.4. The lowest BCUT2D eigenvalue weighted by molar-refractivity contribution is -0.117. The second-order valence-electron chi connectivity index (χ2n) is 10.9. The van der Waals surface area contributed by atoms with E-state index >= 15 is 0 Å². The van der Waals surface area contributed by atoms with Crippen molar-refractivity contribution in [1.29, 1.82) is 0 Å². The number of carbonyl (C=O) groups is 1. The second-order valence-corrected chi connectivity index (χ2v) is 11.9. The fourth-order valence-electron chi connectivity index (χ4n) is 5.40. The number of nitrogens with one attached hydrogen (secondary N) is 1. The molecule has 4 nitrogen and oxygen atoms in total. The maximum absolute atomic E-state index is 13.0. The van der Waals surface area contributed by atoms with Crippen molar-refractivity contribution in [1.82, 2.24) is 4.90 Å². The third-order valence-electron chi connectivity index (χ3n) is 7.31. The van der Waals surface area contributed by atoms with Gasteiger partial charge in [-0.05, 0) is 48.8 Å². The van der Waals surface area contributed by atoms with Crippen molar-refractivity contribution in [2.45, 2.75) is 115 Å². The van der Waals surface area contributed by atoms with E-state index in [9.17, 15) is 4.79 Å². The number of amides is 1. The van der Waals surface area contributed by atoms with Crippen LogP contribution in [0.25, 0.3) is 0 Å². The largest absolute Gasteiger partial charge is 0.344 e. The van der Waals surface area contributed by atoms with Gasteiger partial charge in [-0.1, -0.05) is 83.2 Å². The van der Waals surface area contributed by atoms with E-state index in [2.05, 4.69) is 43.1 Å². The number of thioether (sulfide) groups is 1. The molecule has 2 saturated carbocycles. The highest BCUT2D eigenvalue weighted by molar-refractivity contribution is 8.14. The summed E-state index contributed by atoms with van der Waals surface area (Å²) in [5.74, 6) is 1.11. The Morgan fingerprint density at radius 1 is 1.00 bits per heavy atom. The Balaban J connectivity index is 0.00000306.